The summed E-state index contributed by atoms with van der Waals surface area (Å²) in [5.41, 5.74) is 5.22. The Morgan fingerprint density at radius 2 is 1.67 bits per heavy atom. The van der Waals surface area contributed by atoms with Gasteiger partial charge in [0.1, 0.15) is 12.1 Å². The third-order valence-corrected chi connectivity index (χ3v) is 5.40. The van der Waals surface area contributed by atoms with Crippen molar-refractivity contribution in [3.63, 3.8) is 0 Å². The molecule has 36 heavy (non-hydrogen) atoms. The van der Waals surface area contributed by atoms with E-state index in [2.05, 4.69) is 30.7 Å². The molecule has 0 radical (unpaired) electrons. The van der Waals surface area contributed by atoms with Crippen LogP contribution in [-0.4, -0.2) is 32.5 Å². The molecule has 0 fully saturated rings. The van der Waals surface area contributed by atoms with E-state index in [0.717, 1.165) is 11.1 Å². The van der Waals surface area contributed by atoms with E-state index in [1.54, 1.807) is 36.5 Å². The van der Waals surface area contributed by atoms with Gasteiger partial charge in [-0.25, -0.2) is 9.67 Å². The lowest BCUT2D eigenvalue weighted by Crippen LogP contribution is -2.24. The van der Waals surface area contributed by atoms with E-state index in [-0.39, 0.29) is 10.9 Å². The maximum Gasteiger partial charge on any atom is 0.573 e. The smallest absolute Gasteiger partial charge is 0.406 e. The van der Waals surface area contributed by atoms with Crippen LogP contribution in [-0.2, 0) is 0 Å². The van der Waals surface area contributed by atoms with Crippen LogP contribution in [0.15, 0.2) is 78.2 Å². The van der Waals surface area contributed by atoms with E-state index in [9.17, 15) is 13.2 Å². The van der Waals surface area contributed by atoms with Crippen molar-refractivity contribution < 1.29 is 17.9 Å². The van der Waals surface area contributed by atoms with Gasteiger partial charge in [0.05, 0.1) is 27.6 Å². The van der Waals surface area contributed by atoms with Crippen LogP contribution in [0.1, 0.15) is 5.56 Å². The van der Waals surface area contributed by atoms with E-state index < -0.39 is 6.36 Å². The van der Waals surface area contributed by atoms with Gasteiger partial charge >= 0.3 is 6.36 Å². The molecular weight excluding hydrogens is 536 g/mol. The molecule has 13 heteroatoms. The second-order valence-electron chi connectivity index (χ2n) is 7.10. The van der Waals surface area contributed by atoms with Crippen molar-refractivity contribution in [2.24, 2.45) is 5.10 Å². The Labute approximate surface area is 218 Å². The van der Waals surface area contributed by atoms with Crippen LogP contribution < -0.4 is 15.5 Å². The van der Waals surface area contributed by atoms with Crippen molar-refractivity contribution in [2.75, 3.05) is 5.32 Å². The van der Waals surface area contributed by atoms with Gasteiger partial charge < -0.3 is 10.1 Å². The number of alkyl halides is 3. The summed E-state index contributed by atoms with van der Waals surface area (Å²) in [6.07, 6.45) is -1.71. The fraction of sp³-hybridized carbons (Fsp3) is 0.0435. The van der Waals surface area contributed by atoms with Crippen molar-refractivity contribution in [3.05, 3.63) is 88.7 Å². The average Bonchev–Trinajstić information content (AvgIpc) is 3.32. The fourth-order valence-corrected chi connectivity index (χ4v) is 3.61. The van der Waals surface area contributed by atoms with Crippen LogP contribution in [0.2, 0.25) is 10.0 Å². The molecule has 0 aliphatic carbocycles. The SMILES string of the molecule is FC(F)(F)Oc1ccc(-n2cnc(-c3ccc(/C=N/NC(=S)Nc4c(Cl)cccc4Cl)cc3)n2)cc1. The molecule has 0 saturated carbocycles. The molecule has 0 bridgehead atoms. The van der Waals surface area contributed by atoms with Crippen LogP contribution in [0.5, 0.6) is 5.75 Å². The van der Waals surface area contributed by atoms with Crippen LogP contribution in [0, 0.1) is 0 Å². The lowest BCUT2D eigenvalue weighted by molar-refractivity contribution is -0.274. The van der Waals surface area contributed by atoms with Gasteiger partial charge in [-0.1, -0.05) is 53.5 Å². The van der Waals surface area contributed by atoms with Crippen molar-refractivity contribution >= 4 is 52.4 Å². The number of thiocarbonyl (C=S) groups is 1. The number of hydrazone groups is 1. The van der Waals surface area contributed by atoms with Crippen molar-refractivity contribution in [1.82, 2.24) is 20.2 Å². The standard InChI is InChI=1S/C23H15Cl2F3N6OS/c24-18-2-1-3-19(25)20(18)31-22(36)32-30-12-14-4-6-15(7-5-14)21-29-13-34(33-21)16-8-10-17(11-9-16)35-23(26,27)28/h1-13H,(H2,31,32,36)/b30-12+. The number of nitrogens with zero attached hydrogens (tertiary/aromatic N) is 4. The molecule has 0 amide bonds. The second kappa shape index (κ2) is 10.9. The maximum atomic E-state index is 12.3. The first-order valence-electron chi connectivity index (χ1n) is 10.1. The zero-order valence-corrected chi connectivity index (χ0v) is 20.3. The molecule has 3 aromatic carbocycles. The summed E-state index contributed by atoms with van der Waals surface area (Å²) < 4.78 is 42.3. The van der Waals surface area contributed by atoms with Gasteiger partial charge in [0.2, 0.25) is 0 Å². The molecule has 0 saturated heterocycles. The molecule has 184 valence electrons. The van der Waals surface area contributed by atoms with Crippen LogP contribution in [0.4, 0.5) is 18.9 Å². The summed E-state index contributed by atoms with van der Waals surface area (Å²) >= 11 is 17.4. The Hall–Kier alpha value is -3.67. The Morgan fingerprint density at radius 1 is 1.00 bits per heavy atom. The Kier molecular flexibility index (Phi) is 7.73. The molecule has 2 N–H and O–H groups in total. The molecule has 1 aromatic heterocycles. The topological polar surface area (TPSA) is 76.4 Å². The average molecular weight is 551 g/mol. The van der Waals surface area contributed by atoms with Gasteiger partial charge in [-0.05, 0) is 54.2 Å². The van der Waals surface area contributed by atoms with Gasteiger partial charge in [-0.3, -0.25) is 5.43 Å². The lowest BCUT2D eigenvalue weighted by atomic mass is 10.1. The summed E-state index contributed by atoms with van der Waals surface area (Å²) in [6, 6.07) is 17.6. The Bertz CT molecular complexity index is 1370. The summed E-state index contributed by atoms with van der Waals surface area (Å²) in [5.74, 6) is 0.122. The van der Waals surface area contributed by atoms with E-state index >= 15 is 0 Å². The summed E-state index contributed by atoms with van der Waals surface area (Å²) in [5, 5.41) is 12.4. The summed E-state index contributed by atoms with van der Waals surface area (Å²) in [6.45, 7) is 0. The highest BCUT2D eigenvalue weighted by Gasteiger charge is 2.31. The van der Waals surface area contributed by atoms with E-state index in [1.165, 1.54) is 35.3 Å². The second-order valence-corrected chi connectivity index (χ2v) is 8.32. The number of aromatic nitrogens is 3. The Morgan fingerprint density at radius 3 is 2.31 bits per heavy atom. The van der Waals surface area contributed by atoms with E-state index in [1.807, 2.05) is 12.1 Å². The third kappa shape index (κ3) is 6.72. The quantitative estimate of drug-likeness (QED) is 0.163. The molecule has 1 heterocycles. The maximum absolute atomic E-state index is 12.3. The minimum atomic E-state index is -4.75. The largest absolute Gasteiger partial charge is 0.573 e. The minimum absolute atomic E-state index is 0.214. The lowest BCUT2D eigenvalue weighted by Gasteiger charge is -2.10. The van der Waals surface area contributed by atoms with Gasteiger partial charge in [0.25, 0.3) is 0 Å². The molecule has 0 aliphatic rings. The number of rotatable bonds is 6. The van der Waals surface area contributed by atoms with Crippen molar-refractivity contribution in [2.45, 2.75) is 6.36 Å². The Balaban J connectivity index is 1.36. The summed E-state index contributed by atoms with van der Waals surface area (Å²) in [4.78, 5) is 4.26. The molecule has 0 spiro atoms. The highest BCUT2D eigenvalue weighted by Crippen LogP contribution is 2.29. The van der Waals surface area contributed by atoms with Gasteiger partial charge in [0.15, 0.2) is 10.9 Å². The molecule has 7 nitrogen and oxygen atoms in total. The monoisotopic (exact) mass is 550 g/mol. The number of hydrogen-bond acceptors (Lipinski definition) is 5. The normalized spacial score (nSPS) is 11.5. The van der Waals surface area contributed by atoms with Gasteiger partial charge in [-0.15, -0.1) is 18.3 Å². The molecule has 4 aromatic rings. The number of nitrogens with one attached hydrogen (secondary N) is 2. The third-order valence-electron chi connectivity index (χ3n) is 4.58. The number of halogens is 5. The van der Waals surface area contributed by atoms with Gasteiger partial charge in [0, 0.05) is 5.56 Å². The van der Waals surface area contributed by atoms with Crippen LogP contribution >= 0.6 is 35.4 Å². The highest BCUT2D eigenvalue weighted by atomic mass is 35.5. The molecule has 0 unspecified atom stereocenters. The summed E-state index contributed by atoms with van der Waals surface area (Å²) in [7, 11) is 0. The number of hydrogen-bond donors (Lipinski definition) is 2. The molecule has 0 aliphatic heterocycles. The predicted octanol–water partition coefficient (Wildman–Crippen LogP) is 6.46. The highest BCUT2D eigenvalue weighted by molar-refractivity contribution is 7.80. The van der Waals surface area contributed by atoms with Crippen LogP contribution in [0.25, 0.3) is 17.1 Å². The predicted molar refractivity (Wildman–Crippen MR) is 137 cm³/mol. The minimum Gasteiger partial charge on any atom is -0.406 e. The molecular formula is C23H15Cl2F3N6OS. The fourth-order valence-electron chi connectivity index (χ4n) is 2.96. The van der Waals surface area contributed by atoms with Crippen LogP contribution in [0.3, 0.4) is 0 Å². The first-order valence-corrected chi connectivity index (χ1v) is 11.3. The first-order chi connectivity index (χ1) is 17.2. The van der Waals surface area contributed by atoms with E-state index in [0.29, 0.717) is 27.2 Å². The molecule has 0 atom stereocenters. The zero-order valence-electron chi connectivity index (χ0n) is 18.0. The van der Waals surface area contributed by atoms with E-state index in [4.69, 9.17) is 35.4 Å². The molecule has 4 rings (SSSR count). The van der Waals surface area contributed by atoms with Gasteiger partial charge in [-0.2, -0.15) is 5.10 Å². The zero-order chi connectivity index (χ0) is 25.7. The number of benzene rings is 3. The number of anilines is 1. The number of ether oxygens (including phenoxy) is 1. The number of para-hydroxylation sites is 1. The van der Waals surface area contributed by atoms with Crippen molar-refractivity contribution in [3.8, 4) is 22.8 Å². The first kappa shape index (κ1) is 25.4. The van der Waals surface area contributed by atoms with Crippen molar-refractivity contribution in [1.29, 1.82) is 0 Å².